The molecule has 10 heteroatoms. The lowest BCUT2D eigenvalue weighted by atomic mass is 9.95. The lowest BCUT2D eigenvalue weighted by molar-refractivity contribution is -0.137. The highest BCUT2D eigenvalue weighted by atomic mass is 32.1. The van der Waals surface area contributed by atoms with Crippen molar-refractivity contribution in [2.75, 3.05) is 44.2 Å². The molecule has 0 radical (unpaired) electrons. The molecule has 9 nitrogen and oxygen atoms in total. The predicted octanol–water partition coefficient (Wildman–Crippen LogP) is 1.99. The summed E-state index contributed by atoms with van der Waals surface area (Å²) in [5.74, 6) is 1.16. The molecule has 0 unspecified atom stereocenters. The number of piperazine rings is 1. The van der Waals surface area contributed by atoms with Gasteiger partial charge in [0.15, 0.2) is 0 Å². The fourth-order valence-corrected chi connectivity index (χ4v) is 5.15. The summed E-state index contributed by atoms with van der Waals surface area (Å²) in [6.45, 7) is 7.73. The topological polar surface area (TPSA) is 83.3 Å². The highest BCUT2D eigenvalue weighted by Gasteiger charge is 2.31. The van der Waals surface area contributed by atoms with Crippen LogP contribution in [0.4, 0.5) is 5.95 Å². The minimum Gasteiger partial charge on any atom is -0.339 e. The van der Waals surface area contributed by atoms with Gasteiger partial charge in [-0.1, -0.05) is 23.3 Å². The van der Waals surface area contributed by atoms with Crippen LogP contribution >= 0.6 is 11.3 Å². The van der Waals surface area contributed by atoms with Crippen LogP contribution in [0.15, 0.2) is 35.7 Å². The molecule has 0 N–H and O–H groups in total. The number of thiazole rings is 1. The smallest absolute Gasteiger partial charge is 0.250 e. The SMILES string of the molecule is Cc1nc(CN2CCC(C(=O)N3CCN(c4nnnn4-c4ccccc4)CC3)CC2)cs1. The number of para-hydroxylation sites is 1. The molecular formula is C22H28N8OS. The first kappa shape index (κ1) is 21.0. The molecule has 0 spiro atoms. The summed E-state index contributed by atoms with van der Waals surface area (Å²) in [5, 5.41) is 15.5. The monoisotopic (exact) mass is 452 g/mol. The van der Waals surface area contributed by atoms with Gasteiger partial charge in [-0.25, -0.2) is 4.98 Å². The summed E-state index contributed by atoms with van der Waals surface area (Å²) >= 11 is 1.70. The number of rotatable bonds is 5. The second kappa shape index (κ2) is 9.33. The molecule has 2 aliphatic rings. The van der Waals surface area contributed by atoms with Gasteiger partial charge < -0.3 is 9.80 Å². The maximum atomic E-state index is 13.1. The van der Waals surface area contributed by atoms with E-state index in [0.29, 0.717) is 19.0 Å². The number of hydrogen-bond acceptors (Lipinski definition) is 8. The third-order valence-electron chi connectivity index (χ3n) is 6.32. The van der Waals surface area contributed by atoms with E-state index in [9.17, 15) is 4.79 Å². The van der Waals surface area contributed by atoms with Crippen LogP contribution < -0.4 is 4.90 Å². The van der Waals surface area contributed by atoms with Crippen molar-refractivity contribution in [1.82, 2.24) is 35.0 Å². The maximum Gasteiger partial charge on any atom is 0.250 e. The van der Waals surface area contributed by atoms with Gasteiger partial charge in [0.2, 0.25) is 11.9 Å². The number of nitrogens with zero attached hydrogens (tertiary/aromatic N) is 8. The van der Waals surface area contributed by atoms with E-state index in [1.165, 1.54) is 0 Å². The molecule has 0 saturated carbocycles. The van der Waals surface area contributed by atoms with Crippen molar-refractivity contribution in [3.05, 3.63) is 46.4 Å². The predicted molar refractivity (Wildman–Crippen MR) is 123 cm³/mol. The average molecular weight is 453 g/mol. The molecule has 4 heterocycles. The summed E-state index contributed by atoms with van der Waals surface area (Å²) in [7, 11) is 0. The van der Waals surface area contributed by atoms with Crippen LogP contribution in [0.5, 0.6) is 0 Å². The molecule has 0 bridgehead atoms. The Morgan fingerprint density at radius 2 is 1.81 bits per heavy atom. The van der Waals surface area contributed by atoms with Crippen molar-refractivity contribution in [1.29, 1.82) is 0 Å². The lowest BCUT2D eigenvalue weighted by Crippen LogP contribution is -2.52. The molecular weight excluding hydrogens is 424 g/mol. The Balaban J connectivity index is 1.13. The molecule has 3 aromatic rings. The van der Waals surface area contributed by atoms with Crippen LogP contribution in [0, 0.1) is 12.8 Å². The molecule has 0 atom stereocenters. The molecule has 5 rings (SSSR count). The molecule has 32 heavy (non-hydrogen) atoms. The zero-order valence-electron chi connectivity index (χ0n) is 18.3. The van der Waals surface area contributed by atoms with E-state index in [2.05, 4.69) is 35.7 Å². The Morgan fingerprint density at radius 3 is 2.50 bits per heavy atom. The summed E-state index contributed by atoms with van der Waals surface area (Å²) in [6, 6.07) is 9.90. The first-order valence-electron chi connectivity index (χ1n) is 11.2. The van der Waals surface area contributed by atoms with Crippen LogP contribution in [0.3, 0.4) is 0 Å². The van der Waals surface area contributed by atoms with E-state index < -0.39 is 0 Å². The number of tetrazole rings is 1. The van der Waals surface area contributed by atoms with Gasteiger partial charge in [-0.05, 0) is 55.4 Å². The lowest BCUT2D eigenvalue weighted by Gasteiger charge is -2.38. The van der Waals surface area contributed by atoms with Gasteiger partial charge in [0.05, 0.1) is 16.4 Å². The number of piperidine rings is 1. The van der Waals surface area contributed by atoms with E-state index in [1.807, 2.05) is 42.2 Å². The average Bonchev–Trinajstić information content (AvgIpc) is 3.49. The molecule has 1 amide bonds. The molecule has 2 fully saturated rings. The molecule has 0 aliphatic carbocycles. The highest BCUT2D eigenvalue weighted by molar-refractivity contribution is 7.09. The number of benzene rings is 1. The first-order chi connectivity index (χ1) is 15.7. The van der Waals surface area contributed by atoms with Crippen molar-refractivity contribution >= 4 is 23.2 Å². The fraction of sp³-hybridized carbons (Fsp3) is 0.500. The van der Waals surface area contributed by atoms with Crippen LogP contribution in [-0.4, -0.2) is 80.2 Å². The quantitative estimate of drug-likeness (QED) is 0.585. The molecule has 2 aromatic heterocycles. The fourth-order valence-electron chi connectivity index (χ4n) is 4.55. The van der Waals surface area contributed by atoms with Gasteiger partial charge in [-0.3, -0.25) is 9.69 Å². The molecule has 1 aromatic carbocycles. The van der Waals surface area contributed by atoms with Crippen LogP contribution in [0.25, 0.3) is 5.69 Å². The van der Waals surface area contributed by atoms with Crippen molar-refractivity contribution in [2.45, 2.75) is 26.3 Å². The second-order valence-corrected chi connectivity index (χ2v) is 9.51. The number of aromatic nitrogens is 5. The summed E-state index contributed by atoms with van der Waals surface area (Å²) in [6.07, 6.45) is 1.85. The van der Waals surface area contributed by atoms with Crippen molar-refractivity contribution in [3.8, 4) is 5.69 Å². The Labute approximate surface area is 191 Å². The molecule has 2 saturated heterocycles. The van der Waals surface area contributed by atoms with Crippen LogP contribution in [-0.2, 0) is 11.3 Å². The zero-order valence-corrected chi connectivity index (χ0v) is 19.1. The largest absolute Gasteiger partial charge is 0.339 e. The molecule has 2 aliphatic heterocycles. The minimum atomic E-state index is 0.129. The minimum absolute atomic E-state index is 0.129. The first-order valence-corrected chi connectivity index (χ1v) is 12.1. The number of aryl methyl sites for hydroxylation is 1. The summed E-state index contributed by atoms with van der Waals surface area (Å²) < 4.78 is 1.76. The van der Waals surface area contributed by atoms with E-state index in [1.54, 1.807) is 16.0 Å². The second-order valence-electron chi connectivity index (χ2n) is 8.45. The van der Waals surface area contributed by atoms with E-state index >= 15 is 0 Å². The summed E-state index contributed by atoms with van der Waals surface area (Å²) in [4.78, 5) is 24.3. The van der Waals surface area contributed by atoms with Crippen molar-refractivity contribution in [2.24, 2.45) is 5.92 Å². The molecule has 168 valence electrons. The Kier molecular flexibility index (Phi) is 6.13. The Bertz CT molecular complexity index is 1040. The Hall–Kier alpha value is -2.85. The zero-order chi connectivity index (χ0) is 21.9. The highest BCUT2D eigenvalue weighted by Crippen LogP contribution is 2.23. The van der Waals surface area contributed by atoms with E-state index in [0.717, 1.165) is 67.9 Å². The summed E-state index contributed by atoms with van der Waals surface area (Å²) in [5.41, 5.74) is 2.08. The third-order valence-corrected chi connectivity index (χ3v) is 7.14. The van der Waals surface area contributed by atoms with Gasteiger partial charge in [0, 0.05) is 44.0 Å². The van der Waals surface area contributed by atoms with Crippen molar-refractivity contribution < 1.29 is 4.79 Å². The number of carbonyl (C=O) groups excluding carboxylic acids is 1. The number of amides is 1. The number of hydrogen-bond donors (Lipinski definition) is 0. The van der Waals surface area contributed by atoms with Crippen LogP contribution in [0.2, 0.25) is 0 Å². The number of carbonyl (C=O) groups is 1. The number of anilines is 1. The third kappa shape index (κ3) is 4.51. The standard InChI is InChI=1S/C22H28N8OS/c1-17-23-19(16-32-17)15-27-9-7-18(8-10-27)21(31)28-11-13-29(14-12-28)22-24-25-26-30(22)20-5-3-2-4-6-20/h2-6,16,18H,7-15H2,1H3. The van der Waals surface area contributed by atoms with Crippen molar-refractivity contribution in [3.63, 3.8) is 0 Å². The van der Waals surface area contributed by atoms with E-state index in [4.69, 9.17) is 0 Å². The number of likely N-dealkylation sites (tertiary alicyclic amines) is 1. The van der Waals surface area contributed by atoms with Gasteiger partial charge >= 0.3 is 0 Å². The van der Waals surface area contributed by atoms with Gasteiger partial charge in [0.1, 0.15) is 0 Å². The van der Waals surface area contributed by atoms with Crippen LogP contribution in [0.1, 0.15) is 23.5 Å². The Morgan fingerprint density at radius 1 is 1.06 bits per heavy atom. The van der Waals surface area contributed by atoms with Gasteiger partial charge in [-0.2, -0.15) is 4.68 Å². The van der Waals surface area contributed by atoms with Gasteiger partial charge in [0.25, 0.3) is 0 Å². The van der Waals surface area contributed by atoms with E-state index in [-0.39, 0.29) is 5.92 Å². The normalized spacial score (nSPS) is 18.3. The maximum absolute atomic E-state index is 13.1. The van der Waals surface area contributed by atoms with Gasteiger partial charge in [-0.15, -0.1) is 11.3 Å².